The van der Waals surface area contributed by atoms with Crippen LogP contribution in [0.4, 0.5) is 5.69 Å². The third-order valence-electron chi connectivity index (χ3n) is 1.59. The summed E-state index contributed by atoms with van der Waals surface area (Å²) in [6.07, 6.45) is 2.01. The highest BCUT2D eigenvalue weighted by molar-refractivity contribution is 5.42. The summed E-state index contributed by atoms with van der Waals surface area (Å²) in [5.74, 6) is 0.596. The fourth-order valence-electron chi connectivity index (χ4n) is 1.07. The maximum atomic E-state index is 5.65. The second-order valence-corrected chi connectivity index (χ2v) is 2.68. The summed E-state index contributed by atoms with van der Waals surface area (Å²) in [6.45, 7) is 2.11. The quantitative estimate of drug-likeness (QED) is 0.742. The van der Waals surface area contributed by atoms with Gasteiger partial charge >= 0.3 is 0 Å². The molecule has 0 aliphatic carbocycles. The summed E-state index contributed by atoms with van der Waals surface area (Å²) in [5.41, 5.74) is 7.35. The minimum absolute atomic E-state index is 0.596. The first-order valence-corrected chi connectivity index (χ1v) is 4.06. The number of aromatic nitrogens is 1. The maximum absolute atomic E-state index is 5.65. The van der Waals surface area contributed by atoms with Gasteiger partial charge in [0.15, 0.2) is 0 Å². The van der Waals surface area contributed by atoms with Crippen LogP contribution in [0.3, 0.4) is 0 Å². The molecule has 0 atom stereocenters. The normalized spacial score (nSPS) is 9.83. The van der Waals surface area contributed by atoms with Gasteiger partial charge in [0.2, 0.25) is 5.88 Å². The van der Waals surface area contributed by atoms with Crippen LogP contribution in [-0.2, 0) is 6.42 Å². The predicted molar refractivity (Wildman–Crippen MR) is 49.2 cm³/mol. The van der Waals surface area contributed by atoms with E-state index in [0.29, 0.717) is 11.6 Å². The highest BCUT2D eigenvalue weighted by Gasteiger charge is 1.99. The van der Waals surface area contributed by atoms with Crippen molar-refractivity contribution in [2.45, 2.75) is 19.8 Å². The molecule has 1 rings (SSSR count). The fourth-order valence-corrected chi connectivity index (χ4v) is 1.07. The molecule has 0 radical (unpaired) electrons. The number of aryl methyl sites for hydroxylation is 1. The molecule has 0 aliphatic rings. The van der Waals surface area contributed by atoms with Crippen LogP contribution in [-0.4, -0.2) is 12.1 Å². The number of ether oxygens (including phenoxy) is 1. The van der Waals surface area contributed by atoms with Crippen molar-refractivity contribution in [1.29, 1.82) is 0 Å². The molecule has 0 aromatic carbocycles. The Balaban J connectivity index is 2.90. The standard InChI is InChI=1S/C9H14N2O/c1-3-4-8-5-7(10)6-9(11-8)12-2/h5-6H,3-4H2,1-2H3,(H2,10,11). The van der Waals surface area contributed by atoms with Gasteiger partial charge in [-0.15, -0.1) is 0 Å². The SMILES string of the molecule is CCCc1cc(N)cc(OC)n1. The van der Waals surface area contributed by atoms with E-state index >= 15 is 0 Å². The van der Waals surface area contributed by atoms with Gasteiger partial charge in [0.05, 0.1) is 7.11 Å². The molecule has 0 saturated carbocycles. The van der Waals surface area contributed by atoms with E-state index in [1.807, 2.05) is 6.07 Å². The minimum atomic E-state index is 0.596. The third-order valence-corrected chi connectivity index (χ3v) is 1.59. The number of pyridine rings is 1. The number of nitrogen functional groups attached to an aromatic ring is 1. The van der Waals surface area contributed by atoms with E-state index in [0.717, 1.165) is 18.5 Å². The van der Waals surface area contributed by atoms with Gasteiger partial charge in [-0.2, -0.15) is 0 Å². The van der Waals surface area contributed by atoms with E-state index in [1.165, 1.54) is 0 Å². The molecule has 1 aromatic rings. The lowest BCUT2D eigenvalue weighted by Crippen LogP contribution is -1.96. The smallest absolute Gasteiger partial charge is 0.215 e. The second kappa shape index (κ2) is 3.95. The van der Waals surface area contributed by atoms with Crippen molar-refractivity contribution in [2.24, 2.45) is 0 Å². The van der Waals surface area contributed by atoms with E-state index in [1.54, 1.807) is 13.2 Å². The highest BCUT2D eigenvalue weighted by atomic mass is 16.5. The van der Waals surface area contributed by atoms with Crippen molar-refractivity contribution in [3.63, 3.8) is 0 Å². The van der Waals surface area contributed by atoms with Gasteiger partial charge in [0.25, 0.3) is 0 Å². The van der Waals surface area contributed by atoms with Gasteiger partial charge in [-0.05, 0) is 12.5 Å². The van der Waals surface area contributed by atoms with Crippen LogP contribution in [0, 0.1) is 0 Å². The lowest BCUT2D eigenvalue weighted by molar-refractivity contribution is 0.396. The minimum Gasteiger partial charge on any atom is -0.481 e. The molecule has 0 fully saturated rings. The zero-order valence-corrected chi connectivity index (χ0v) is 7.50. The number of rotatable bonds is 3. The number of hydrogen-bond donors (Lipinski definition) is 1. The monoisotopic (exact) mass is 166 g/mol. The first kappa shape index (κ1) is 8.84. The summed E-state index contributed by atoms with van der Waals surface area (Å²) < 4.78 is 4.99. The van der Waals surface area contributed by atoms with E-state index < -0.39 is 0 Å². The van der Waals surface area contributed by atoms with Crippen molar-refractivity contribution < 1.29 is 4.74 Å². The van der Waals surface area contributed by atoms with Crippen LogP contribution in [0.25, 0.3) is 0 Å². The number of nitrogens with two attached hydrogens (primary N) is 1. The summed E-state index contributed by atoms with van der Waals surface area (Å²) in [5, 5.41) is 0. The van der Waals surface area contributed by atoms with E-state index in [9.17, 15) is 0 Å². The Hall–Kier alpha value is -1.25. The molecule has 66 valence electrons. The van der Waals surface area contributed by atoms with E-state index in [-0.39, 0.29) is 0 Å². The maximum Gasteiger partial charge on any atom is 0.215 e. The van der Waals surface area contributed by atoms with Crippen molar-refractivity contribution in [2.75, 3.05) is 12.8 Å². The lowest BCUT2D eigenvalue weighted by Gasteiger charge is -2.03. The molecular formula is C9H14N2O. The van der Waals surface area contributed by atoms with Crippen molar-refractivity contribution >= 4 is 5.69 Å². The Bertz CT molecular complexity index is 261. The average Bonchev–Trinajstić information content (AvgIpc) is 2.04. The van der Waals surface area contributed by atoms with E-state index in [2.05, 4.69) is 11.9 Å². The van der Waals surface area contributed by atoms with Crippen LogP contribution < -0.4 is 10.5 Å². The number of nitrogens with zero attached hydrogens (tertiary/aromatic N) is 1. The number of hydrogen-bond acceptors (Lipinski definition) is 3. The zero-order valence-electron chi connectivity index (χ0n) is 7.50. The molecule has 12 heavy (non-hydrogen) atoms. The molecule has 0 amide bonds. The predicted octanol–water partition coefficient (Wildman–Crippen LogP) is 1.62. The largest absolute Gasteiger partial charge is 0.481 e. The molecule has 3 nitrogen and oxygen atoms in total. The Kier molecular flexibility index (Phi) is 2.91. The first-order chi connectivity index (χ1) is 5.76. The van der Waals surface area contributed by atoms with Crippen LogP contribution in [0.2, 0.25) is 0 Å². The molecule has 0 spiro atoms. The Labute approximate surface area is 72.6 Å². The van der Waals surface area contributed by atoms with Crippen LogP contribution in [0.1, 0.15) is 19.0 Å². The average molecular weight is 166 g/mol. The first-order valence-electron chi connectivity index (χ1n) is 4.06. The fraction of sp³-hybridized carbons (Fsp3) is 0.444. The molecule has 0 saturated heterocycles. The van der Waals surface area contributed by atoms with Gasteiger partial charge in [-0.1, -0.05) is 13.3 Å². The van der Waals surface area contributed by atoms with Gasteiger partial charge in [-0.3, -0.25) is 0 Å². The van der Waals surface area contributed by atoms with Gasteiger partial charge in [0.1, 0.15) is 0 Å². The second-order valence-electron chi connectivity index (χ2n) is 2.68. The molecule has 1 heterocycles. The summed E-state index contributed by atoms with van der Waals surface area (Å²) in [6, 6.07) is 3.60. The number of methoxy groups -OCH3 is 1. The molecule has 0 bridgehead atoms. The molecule has 0 unspecified atom stereocenters. The Morgan fingerprint density at radius 3 is 2.83 bits per heavy atom. The summed E-state index contributed by atoms with van der Waals surface area (Å²) in [4.78, 5) is 4.24. The molecule has 2 N–H and O–H groups in total. The van der Waals surface area contributed by atoms with Gasteiger partial charge < -0.3 is 10.5 Å². The van der Waals surface area contributed by atoms with Crippen LogP contribution in [0.15, 0.2) is 12.1 Å². The Morgan fingerprint density at radius 2 is 2.25 bits per heavy atom. The third kappa shape index (κ3) is 2.12. The van der Waals surface area contributed by atoms with Gasteiger partial charge in [0, 0.05) is 17.4 Å². The van der Waals surface area contributed by atoms with Crippen molar-refractivity contribution in [3.05, 3.63) is 17.8 Å². The highest BCUT2D eigenvalue weighted by Crippen LogP contribution is 2.14. The van der Waals surface area contributed by atoms with Crippen molar-refractivity contribution in [3.8, 4) is 5.88 Å². The van der Waals surface area contributed by atoms with Crippen molar-refractivity contribution in [1.82, 2.24) is 4.98 Å². The molecular weight excluding hydrogens is 152 g/mol. The topological polar surface area (TPSA) is 48.1 Å². The van der Waals surface area contributed by atoms with Crippen LogP contribution >= 0.6 is 0 Å². The molecule has 3 heteroatoms. The summed E-state index contributed by atoms with van der Waals surface area (Å²) in [7, 11) is 1.59. The molecule has 1 aromatic heterocycles. The van der Waals surface area contributed by atoms with E-state index in [4.69, 9.17) is 10.5 Å². The summed E-state index contributed by atoms with van der Waals surface area (Å²) >= 11 is 0. The van der Waals surface area contributed by atoms with Crippen LogP contribution in [0.5, 0.6) is 5.88 Å². The number of anilines is 1. The Morgan fingerprint density at radius 1 is 1.50 bits per heavy atom. The zero-order chi connectivity index (χ0) is 8.97. The molecule has 0 aliphatic heterocycles. The van der Waals surface area contributed by atoms with Gasteiger partial charge in [-0.25, -0.2) is 4.98 Å². The lowest BCUT2D eigenvalue weighted by atomic mass is 10.2.